The molecular formula is C63H121NO5. The van der Waals surface area contributed by atoms with E-state index in [9.17, 15) is 19.8 Å². The lowest BCUT2D eigenvalue weighted by Gasteiger charge is -2.22. The Labute approximate surface area is 431 Å². The van der Waals surface area contributed by atoms with Crippen LogP contribution in [0.4, 0.5) is 0 Å². The van der Waals surface area contributed by atoms with E-state index in [4.69, 9.17) is 4.74 Å². The zero-order chi connectivity index (χ0) is 50.0. The van der Waals surface area contributed by atoms with Crippen LogP contribution < -0.4 is 5.32 Å². The van der Waals surface area contributed by atoms with Gasteiger partial charge in [0, 0.05) is 12.8 Å². The first-order valence-electron chi connectivity index (χ1n) is 31.1. The first kappa shape index (κ1) is 67.3. The highest BCUT2D eigenvalue weighted by molar-refractivity contribution is 5.76. The number of carbonyl (C=O) groups excluding carboxylic acids is 2. The van der Waals surface area contributed by atoms with Crippen molar-refractivity contribution in [2.45, 2.75) is 353 Å². The summed E-state index contributed by atoms with van der Waals surface area (Å²) in [6.07, 6.45) is 72.0. The lowest BCUT2D eigenvalue weighted by atomic mass is 10.0. The number of esters is 1. The summed E-state index contributed by atoms with van der Waals surface area (Å²) in [4.78, 5) is 24.5. The second kappa shape index (κ2) is 58.9. The standard InChI is InChI=1S/C63H121NO5/c1-3-5-7-9-11-13-14-15-16-27-31-34-37-41-45-49-53-57-63(68)69-58-54-50-46-42-38-35-32-29-26-24-22-20-18-17-19-21-23-25-28-30-33-36-40-44-48-52-56-62(67)64-60(59-65)61(66)55-51-47-43-39-12-10-8-6-4-2/h15-17,19,60-61,65-66H,3-14,18,20-59H2,1-2H3,(H,64,67)/b16-15-,19-17-. The maximum absolute atomic E-state index is 12.4. The predicted octanol–water partition coefficient (Wildman–Crippen LogP) is 19.4. The second-order valence-electron chi connectivity index (χ2n) is 21.4. The van der Waals surface area contributed by atoms with Crippen LogP contribution in [0, 0.1) is 0 Å². The third kappa shape index (κ3) is 55.5. The fraction of sp³-hybridized carbons (Fsp3) is 0.905. The summed E-state index contributed by atoms with van der Waals surface area (Å²) in [5, 5.41) is 23.1. The Hall–Kier alpha value is -1.66. The number of hydrogen-bond donors (Lipinski definition) is 3. The molecule has 0 aliphatic carbocycles. The number of allylic oxidation sites excluding steroid dienone is 4. The van der Waals surface area contributed by atoms with Crippen LogP contribution in [0.3, 0.4) is 0 Å². The molecule has 6 heteroatoms. The lowest BCUT2D eigenvalue weighted by molar-refractivity contribution is -0.143. The van der Waals surface area contributed by atoms with Gasteiger partial charge in [-0.15, -0.1) is 0 Å². The van der Waals surface area contributed by atoms with E-state index in [-0.39, 0.29) is 18.5 Å². The molecule has 0 saturated heterocycles. The summed E-state index contributed by atoms with van der Waals surface area (Å²) in [6.45, 7) is 4.94. The number of nitrogens with one attached hydrogen (secondary N) is 1. The van der Waals surface area contributed by atoms with Crippen molar-refractivity contribution in [3.8, 4) is 0 Å². The molecule has 0 rings (SSSR count). The molecule has 0 radical (unpaired) electrons. The summed E-state index contributed by atoms with van der Waals surface area (Å²) in [6, 6.07) is -0.540. The van der Waals surface area contributed by atoms with E-state index in [2.05, 4.69) is 43.5 Å². The van der Waals surface area contributed by atoms with Gasteiger partial charge in [-0.3, -0.25) is 9.59 Å². The van der Waals surface area contributed by atoms with Gasteiger partial charge >= 0.3 is 5.97 Å². The van der Waals surface area contributed by atoms with Gasteiger partial charge in [-0.1, -0.05) is 276 Å². The Morgan fingerprint density at radius 1 is 0.391 bits per heavy atom. The number of unbranched alkanes of at least 4 members (excludes halogenated alkanes) is 43. The van der Waals surface area contributed by atoms with Crippen molar-refractivity contribution >= 4 is 11.9 Å². The first-order chi connectivity index (χ1) is 34.0. The first-order valence-corrected chi connectivity index (χ1v) is 31.1. The maximum atomic E-state index is 12.4. The number of ether oxygens (including phenoxy) is 1. The minimum absolute atomic E-state index is 0.0112. The van der Waals surface area contributed by atoms with E-state index >= 15 is 0 Å². The van der Waals surface area contributed by atoms with Crippen LogP contribution in [0.15, 0.2) is 24.3 Å². The number of rotatable bonds is 58. The lowest BCUT2D eigenvalue weighted by Crippen LogP contribution is -2.45. The predicted molar refractivity (Wildman–Crippen MR) is 301 cm³/mol. The van der Waals surface area contributed by atoms with E-state index in [1.165, 1.54) is 263 Å². The highest BCUT2D eigenvalue weighted by Gasteiger charge is 2.20. The molecule has 3 N–H and O–H groups in total. The van der Waals surface area contributed by atoms with Crippen LogP contribution in [0.5, 0.6) is 0 Å². The van der Waals surface area contributed by atoms with Crippen LogP contribution in [0.2, 0.25) is 0 Å². The normalized spacial score (nSPS) is 12.7. The molecule has 0 aromatic rings. The van der Waals surface area contributed by atoms with Gasteiger partial charge in [-0.25, -0.2) is 0 Å². The van der Waals surface area contributed by atoms with E-state index in [1.54, 1.807) is 0 Å². The van der Waals surface area contributed by atoms with Crippen molar-refractivity contribution < 1.29 is 24.5 Å². The van der Waals surface area contributed by atoms with Crippen molar-refractivity contribution in [1.82, 2.24) is 5.32 Å². The topological polar surface area (TPSA) is 95.9 Å². The quantitative estimate of drug-likeness (QED) is 0.0321. The summed E-state index contributed by atoms with van der Waals surface area (Å²) >= 11 is 0. The van der Waals surface area contributed by atoms with Crippen LogP contribution in [-0.4, -0.2) is 47.4 Å². The third-order valence-electron chi connectivity index (χ3n) is 14.5. The van der Waals surface area contributed by atoms with Crippen molar-refractivity contribution in [3.63, 3.8) is 0 Å². The van der Waals surface area contributed by atoms with Crippen LogP contribution in [-0.2, 0) is 14.3 Å². The SMILES string of the molecule is CCCCCCCC/C=C\CCCCCCCCCC(=O)OCCCCCCCCCCCCCC/C=C\CCCCCCCCCCCCC(=O)NC(CO)C(O)CCCCCCCCCCC. The molecule has 0 fully saturated rings. The maximum Gasteiger partial charge on any atom is 0.305 e. The minimum atomic E-state index is -0.663. The Bertz CT molecular complexity index is 1080. The third-order valence-corrected chi connectivity index (χ3v) is 14.5. The van der Waals surface area contributed by atoms with Gasteiger partial charge in [-0.05, 0) is 77.0 Å². The fourth-order valence-corrected chi connectivity index (χ4v) is 9.69. The molecule has 2 unspecified atom stereocenters. The Morgan fingerprint density at radius 3 is 1.03 bits per heavy atom. The molecule has 0 aliphatic rings. The van der Waals surface area contributed by atoms with Gasteiger partial charge in [0.2, 0.25) is 5.91 Å². The molecule has 408 valence electrons. The van der Waals surface area contributed by atoms with Crippen molar-refractivity contribution in [3.05, 3.63) is 24.3 Å². The van der Waals surface area contributed by atoms with Crippen LogP contribution >= 0.6 is 0 Å². The van der Waals surface area contributed by atoms with Crippen LogP contribution in [0.25, 0.3) is 0 Å². The molecular weight excluding hydrogens is 851 g/mol. The van der Waals surface area contributed by atoms with Crippen molar-refractivity contribution in [2.75, 3.05) is 13.2 Å². The van der Waals surface area contributed by atoms with Gasteiger partial charge < -0.3 is 20.3 Å². The Balaban J connectivity index is 3.35. The molecule has 0 aromatic carbocycles. The van der Waals surface area contributed by atoms with Crippen molar-refractivity contribution in [2.24, 2.45) is 0 Å². The smallest absolute Gasteiger partial charge is 0.305 e. The van der Waals surface area contributed by atoms with Crippen LogP contribution in [0.1, 0.15) is 341 Å². The number of carbonyl (C=O) groups is 2. The van der Waals surface area contributed by atoms with E-state index in [0.29, 0.717) is 25.9 Å². The van der Waals surface area contributed by atoms with E-state index in [1.807, 2.05) is 0 Å². The number of hydrogen-bond acceptors (Lipinski definition) is 5. The molecule has 2 atom stereocenters. The largest absolute Gasteiger partial charge is 0.466 e. The zero-order valence-corrected chi connectivity index (χ0v) is 46.6. The van der Waals surface area contributed by atoms with Gasteiger partial charge in [0.1, 0.15) is 0 Å². The number of aliphatic hydroxyl groups excluding tert-OH is 2. The molecule has 69 heavy (non-hydrogen) atoms. The minimum Gasteiger partial charge on any atom is -0.466 e. The van der Waals surface area contributed by atoms with E-state index in [0.717, 1.165) is 44.9 Å². The molecule has 0 aromatic heterocycles. The summed E-state index contributed by atoms with van der Waals surface area (Å²) in [5.74, 6) is -0.0273. The average molecular weight is 973 g/mol. The highest BCUT2D eigenvalue weighted by Crippen LogP contribution is 2.17. The average Bonchev–Trinajstić information content (AvgIpc) is 3.35. The molecule has 0 saturated carbocycles. The van der Waals surface area contributed by atoms with Gasteiger partial charge in [0.05, 0.1) is 25.4 Å². The number of amides is 1. The molecule has 0 spiro atoms. The fourth-order valence-electron chi connectivity index (χ4n) is 9.69. The van der Waals surface area contributed by atoms with E-state index < -0.39 is 12.1 Å². The van der Waals surface area contributed by atoms with Crippen molar-refractivity contribution in [1.29, 1.82) is 0 Å². The van der Waals surface area contributed by atoms with Gasteiger partial charge in [0.25, 0.3) is 0 Å². The summed E-state index contributed by atoms with van der Waals surface area (Å²) in [7, 11) is 0. The monoisotopic (exact) mass is 972 g/mol. The Kier molecular flexibility index (Phi) is 57.5. The molecule has 0 heterocycles. The second-order valence-corrected chi connectivity index (χ2v) is 21.4. The zero-order valence-electron chi connectivity index (χ0n) is 46.6. The highest BCUT2D eigenvalue weighted by atomic mass is 16.5. The molecule has 0 bridgehead atoms. The number of aliphatic hydroxyl groups is 2. The Morgan fingerprint density at radius 2 is 0.681 bits per heavy atom. The van der Waals surface area contributed by atoms with Gasteiger partial charge in [-0.2, -0.15) is 0 Å². The molecule has 6 nitrogen and oxygen atoms in total. The molecule has 0 aliphatic heterocycles. The van der Waals surface area contributed by atoms with Gasteiger partial charge in [0.15, 0.2) is 0 Å². The molecule has 1 amide bonds. The summed E-state index contributed by atoms with van der Waals surface area (Å²) < 4.78 is 5.49. The summed E-state index contributed by atoms with van der Waals surface area (Å²) in [5.41, 5.74) is 0.